The van der Waals surface area contributed by atoms with E-state index in [1.165, 1.54) is 5.56 Å². The molecule has 1 heterocycles. The lowest BCUT2D eigenvalue weighted by Crippen LogP contribution is -2.09. The highest BCUT2D eigenvalue weighted by molar-refractivity contribution is 5.26. The van der Waals surface area contributed by atoms with Gasteiger partial charge in [-0.25, -0.2) is 0 Å². The van der Waals surface area contributed by atoms with Crippen LogP contribution in [0.15, 0.2) is 36.7 Å². The number of aryl methyl sites for hydroxylation is 1. The molecule has 0 saturated carbocycles. The first-order valence-corrected chi connectivity index (χ1v) is 6.33. The lowest BCUT2D eigenvalue weighted by Gasteiger charge is -2.12. The standard InChI is InChI=1S/C15H20N2O/c1-11(2)13-4-6-14(7-5-13)15(18)10-17-9-12(3)8-16-17/h4-9,11,15,18H,10H2,1-3H3. The van der Waals surface area contributed by atoms with Gasteiger partial charge in [-0.05, 0) is 29.5 Å². The van der Waals surface area contributed by atoms with Crippen molar-refractivity contribution in [1.82, 2.24) is 9.78 Å². The summed E-state index contributed by atoms with van der Waals surface area (Å²) in [7, 11) is 0. The zero-order valence-corrected chi connectivity index (χ0v) is 11.2. The average Bonchev–Trinajstić information content (AvgIpc) is 2.75. The van der Waals surface area contributed by atoms with Gasteiger partial charge in [0.1, 0.15) is 0 Å². The molecule has 0 fully saturated rings. The van der Waals surface area contributed by atoms with Gasteiger partial charge in [0.15, 0.2) is 0 Å². The smallest absolute Gasteiger partial charge is 0.0985 e. The predicted octanol–water partition coefficient (Wildman–Crippen LogP) is 3.05. The quantitative estimate of drug-likeness (QED) is 0.897. The van der Waals surface area contributed by atoms with E-state index in [0.717, 1.165) is 11.1 Å². The lowest BCUT2D eigenvalue weighted by atomic mass is 10.00. The molecule has 0 aliphatic heterocycles. The van der Waals surface area contributed by atoms with Gasteiger partial charge in [-0.1, -0.05) is 38.1 Å². The van der Waals surface area contributed by atoms with Gasteiger partial charge in [-0.15, -0.1) is 0 Å². The number of aromatic nitrogens is 2. The van der Waals surface area contributed by atoms with Crippen molar-refractivity contribution < 1.29 is 5.11 Å². The maximum Gasteiger partial charge on any atom is 0.0985 e. The van der Waals surface area contributed by atoms with Gasteiger partial charge in [0.05, 0.1) is 18.8 Å². The number of hydrogen-bond acceptors (Lipinski definition) is 2. The highest BCUT2D eigenvalue weighted by atomic mass is 16.3. The Balaban J connectivity index is 2.06. The first-order chi connectivity index (χ1) is 8.56. The number of aliphatic hydroxyl groups excluding tert-OH is 1. The van der Waals surface area contributed by atoms with Crippen LogP contribution in [0, 0.1) is 6.92 Å². The van der Waals surface area contributed by atoms with Crippen LogP contribution in [0.5, 0.6) is 0 Å². The fraction of sp³-hybridized carbons (Fsp3) is 0.400. The highest BCUT2D eigenvalue weighted by Gasteiger charge is 2.09. The first-order valence-electron chi connectivity index (χ1n) is 6.33. The Labute approximate surface area is 108 Å². The number of benzene rings is 1. The minimum Gasteiger partial charge on any atom is -0.386 e. The van der Waals surface area contributed by atoms with Crippen LogP contribution in [0.25, 0.3) is 0 Å². The number of rotatable bonds is 4. The van der Waals surface area contributed by atoms with E-state index in [9.17, 15) is 5.11 Å². The van der Waals surface area contributed by atoms with Crippen molar-refractivity contribution in [3.63, 3.8) is 0 Å². The third kappa shape index (κ3) is 2.99. The van der Waals surface area contributed by atoms with Gasteiger partial charge < -0.3 is 5.11 Å². The monoisotopic (exact) mass is 244 g/mol. The molecule has 0 aliphatic carbocycles. The van der Waals surface area contributed by atoms with E-state index < -0.39 is 6.10 Å². The second kappa shape index (κ2) is 5.36. The van der Waals surface area contributed by atoms with Crippen molar-refractivity contribution in [2.24, 2.45) is 0 Å². The molecule has 0 aliphatic rings. The average molecular weight is 244 g/mol. The van der Waals surface area contributed by atoms with E-state index in [0.29, 0.717) is 12.5 Å². The fourth-order valence-electron chi connectivity index (χ4n) is 1.95. The SMILES string of the molecule is Cc1cnn(CC(O)c2ccc(C(C)C)cc2)c1. The molecule has 0 spiro atoms. The molecule has 1 aromatic heterocycles. The zero-order chi connectivity index (χ0) is 13.1. The van der Waals surface area contributed by atoms with Gasteiger partial charge >= 0.3 is 0 Å². The fourth-order valence-corrected chi connectivity index (χ4v) is 1.95. The van der Waals surface area contributed by atoms with Gasteiger partial charge in [0.2, 0.25) is 0 Å². The Morgan fingerprint density at radius 3 is 2.28 bits per heavy atom. The molecule has 18 heavy (non-hydrogen) atoms. The lowest BCUT2D eigenvalue weighted by molar-refractivity contribution is 0.151. The Kier molecular flexibility index (Phi) is 3.82. The molecule has 0 bridgehead atoms. The molecule has 0 amide bonds. The summed E-state index contributed by atoms with van der Waals surface area (Å²) in [6.07, 6.45) is 3.23. The molecule has 1 N–H and O–H groups in total. The largest absolute Gasteiger partial charge is 0.386 e. The molecular weight excluding hydrogens is 224 g/mol. The van der Waals surface area contributed by atoms with Gasteiger partial charge in [0, 0.05) is 6.20 Å². The Morgan fingerprint density at radius 2 is 1.78 bits per heavy atom. The molecule has 0 saturated heterocycles. The van der Waals surface area contributed by atoms with E-state index in [-0.39, 0.29) is 0 Å². The summed E-state index contributed by atoms with van der Waals surface area (Å²) in [5.41, 5.74) is 3.34. The maximum atomic E-state index is 10.2. The number of nitrogens with zero attached hydrogens (tertiary/aromatic N) is 2. The molecule has 3 nitrogen and oxygen atoms in total. The Bertz CT molecular complexity index is 499. The maximum absolute atomic E-state index is 10.2. The minimum atomic E-state index is -0.509. The van der Waals surface area contributed by atoms with Crippen LogP contribution in [0.4, 0.5) is 0 Å². The topological polar surface area (TPSA) is 38.0 Å². The summed E-state index contributed by atoms with van der Waals surface area (Å²) >= 11 is 0. The molecule has 96 valence electrons. The van der Waals surface area contributed by atoms with Crippen molar-refractivity contribution in [2.75, 3.05) is 0 Å². The Morgan fingerprint density at radius 1 is 1.17 bits per heavy atom. The van der Waals surface area contributed by atoms with Crippen molar-refractivity contribution >= 4 is 0 Å². The van der Waals surface area contributed by atoms with Crippen molar-refractivity contribution in [3.05, 3.63) is 53.3 Å². The van der Waals surface area contributed by atoms with E-state index in [2.05, 4.69) is 31.1 Å². The van der Waals surface area contributed by atoms with Crippen molar-refractivity contribution in [1.29, 1.82) is 0 Å². The molecule has 2 aromatic rings. The summed E-state index contributed by atoms with van der Waals surface area (Å²) in [6.45, 7) is 6.82. The van der Waals surface area contributed by atoms with E-state index in [4.69, 9.17) is 0 Å². The van der Waals surface area contributed by atoms with Crippen LogP contribution in [0.2, 0.25) is 0 Å². The van der Waals surface area contributed by atoms with Gasteiger partial charge in [-0.2, -0.15) is 5.10 Å². The van der Waals surface area contributed by atoms with Crippen LogP contribution in [-0.2, 0) is 6.54 Å². The predicted molar refractivity (Wildman–Crippen MR) is 72.5 cm³/mol. The molecule has 1 aromatic carbocycles. The summed E-state index contributed by atoms with van der Waals surface area (Å²) in [4.78, 5) is 0. The second-order valence-corrected chi connectivity index (χ2v) is 5.08. The normalized spacial score (nSPS) is 12.9. The molecule has 1 unspecified atom stereocenters. The summed E-state index contributed by atoms with van der Waals surface area (Å²) in [6, 6.07) is 8.15. The van der Waals surface area contributed by atoms with Crippen LogP contribution in [0.3, 0.4) is 0 Å². The minimum absolute atomic E-state index is 0.495. The van der Waals surface area contributed by atoms with Gasteiger partial charge in [-0.3, -0.25) is 4.68 Å². The van der Waals surface area contributed by atoms with Gasteiger partial charge in [0.25, 0.3) is 0 Å². The van der Waals surface area contributed by atoms with E-state index in [1.807, 2.05) is 25.3 Å². The molecule has 1 atom stereocenters. The first kappa shape index (κ1) is 12.8. The van der Waals surface area contributed by atoms with E-state index in [1.54, 1.807) is 10.9 Å². The van der Waals surface area contributed by atoms with Crippen molar-refractivity contribution in [3.8, 4) is 0 Å². The number of hydrogen-bond donors (Lipinski definition) is 1. The molecule has 2 rings (SSSR count). The summed E-state index contributed by atoms with van der Waals surface area (Å²) in [5, 5.41) is 14.3. The summed E-state index contributed by atoms with van der Waals surface area (Å²) in [5.74, 6) is 0.518. The summed E-state index contributed by atoms with van der Waals surface area (Å²) < 4.78 is 1.77. The van der Waals surface area contributed by atoms with Crippen molar-refractivity contribution in [2.45, 2.75) is 39.3 Å². The third-order valence-electron chi connectivity index (χ3n) is 3.11. The van der Waals surface area contributed by atoms with Crippen LogP contribution >= 0.6 is 0 Å². The van der Waals surface area contributed by atoms with Crippen LogP contribution in [-0.4, -0.2) is 14.9 Å². The number of aliphatic hydroxyl groups is 1. The molecular formula is C15H20N2O. The van der Waals surface area contributed by atoms with E-state index >= 15 is 0 Å². The molecule has 0 radical (unpaired) electrons. The van der Waals surface area contributed by atoms with Crippen LogP contribution in [0.1, 0.15) is 42.6 Å². The zero-order valence-electron chi connectivity index (χ0n) is 11.2. The third-order valence-corrected chi connectivity index (χ3v) is 3.11. The highest BCUT2D eigenvalue weighted by Crippen LogP contribution is 2.19. The Hall–Kier alpha value is -1.61. The second-order valence-electron chi connectivity index (χ2n) is 5.08. The molecule has 3 heteroatoms. The van der Waals surface area contributed by atoms with Crippen LogP contribution < -0.4 is 0 Å².